The average molecular weight is 133 g/mol. The van der Waals surface area contributed by atoms with Crippen LogP contribution in [0.15, 0.2) is 0 Å². The summed E-state index contributed by atoms with van der Waals surface area (Å²) >= 11 is 0. The van der Waals surface area contributed by atoms with Crippen molar-refractivity contribution in [3.8, 4) is 0 Å². The van der Waals surface area contributed by atoms with Gasteiger partial charge in [-0.15, -0.1) is 4.99 Å². The van der Waals surface area contributed by atoms with Crippen LogP contribution < -0.4 is 0 Å². The first-order valence-corrected chi connectivity index (χ1v) is 3.07. The monoisotopic (exact) mass is 133 g/mol. The van der Waals surface area contributed by atoms with Gasteiger partial charge in [-0.05, 0) is 12.8 Å². The molecule has 1 fully saturated rings. The molecule has 9 heavy (non-hydrogen) atoms. The molecule has 0 unspecified atom stereocenters. The first-order chi connectivity index (χ1) is 4.38. The first-order valence-electron chi connectivity index (χ1n) is 3.07. The summed E-state index contributed by atoms with van der Waals surface area (Å²) in [6.07, 6.45) is 1.88. The van der Waals surface area contributed by atoms with Crippen molar-refractivity contribution in [3.63, 3.8) is 0 Å². The van der Waals surface area contributed by atoms with E-state index in [1.54, 1.807) is 0 Å². The lowest BCUT2D eigenvalue weighted by Crippen LogP contribution is -2.31. The summed E-state index contributed by atoms with van der Waals surface area (Å²) in [5.74, 6) is 0. The van der Waals surface area contributed by atoms with Gasteiger partial charge >= 0.3 is 0 Å². The quantitative estimate of drug-likeness (QED) is 0.406. The molecule has 0 amide bonds. The number of aliphatic hydroxyl groups excluding tert-OH is 1. The molecule has 1 saturated heterocycles. The van der Waals surface area contributed by atoms with Crippen molar-refractivity contribution in [3.05, 3.63) is 0 Å². The third-order valence-electron chi connectivity index (χ3n) is 1.64. The van der Waals surface area contributed by atoms with Crippen molar-refractivity contribution in [2.24, 2.45) is 0 Å². The van der Waals surface area contributed by atoms with Crippen molar-refractivity contribution >= 4 is 0 Å². The van der Waals surface area contributed by atoms with E-state index < -0.39 is 0 Å². The van der Waals surface area contributed by atoms with Crippen LogP contribution in [0.4, 0.5) is 0 Å². The highest BCUT2D eigenvalue weighted by Crippen LogP contribution is 2.15. The predicted octanol–water partition coefficient (Wildman–Crippen LogP) is -0.152. The lowest BCUT2D eigenvalue weighted by molar-refractivity contribution is -0.402. The Bertz CT molecular complexity index is 78.3. The predicted molar refractivity (Wildman–Crippen MR) is 30.5 cm³/mol. The lowest BCUT2D eigenvalue weighted by Gasteiger charge is -2.16. The van der Waals surface area contributed by atoms with E-state index in [0.717, 1.165) is 12.8 Å². The van der Waals surface area contributed by atoms with Crippen molar-refractivity contribution in [2.45, 2.75) is 18.9 Å². The molecule has 4 nitrogen and oxygen atoms in total. The second-order valence-corrected chi connectivity index (χ2v) is 2.20. The maximum absolute atomic E-state index is 8.63. The first kappa shape index (κ1) is 6.95. The van der Waals surface area contributed by atoms with E-state index in [0.29, 0.717) is 6.54 Å². The van der Waals surface area contributed by atoms with E-state index in [4.69, 9.17) is 10.4 Å². The molecule has 0 radical (unpaired) electrons. The van der Waals surface area contributed by atoms with Gasteiger partial charge in [-0.25, -0.2) is 5.26 Å². The van der Waals surface area contributed by atoms with Gasteiger partial charge in [0.25, 0.3) is 0 Å². The molecule has 0 saturated carbocycles. The third kappa shape index (κ3) is 1.40. The van der Waals surface area contributed by atoms with E-state index >= 15 is 0 Å². The maximum Gasteiger partial charge on any atom is 0.0614 e. The minimum atomic E-state index is -0.00463. The molecule has 0 aromatic rings. The lowest BCUT2D eigenvalue weighted by atomic mass is 10.2. The zero-order chi connectivity index (χ0) is 6.69. The molecule has 54 valence electrons. The fraction of sp³-hybridized carbons (Fsp3) is 1.00. The summed E-state index contributed by atoms with van der Waals surface area (Å²) < 4.78 is 0. The summed E-state index contributed by atoms with van der Waals surface area (Å²) in [4.78, 5) is 3.99. The van der Waals surface area contributed by atoms with Gasteiger partial charge in [-0.1, -0.05) is 0 Å². The minimum Gasteiger partial charge on any atom is -0.395 e. The number of rotatable bonds is 2. The van der Waals surface area contributed by atoms with E-state index in [2.05, 4.69) is 4.99 Å². The van der Waals surface area contributed by atoms with Crippen LogP contribution in [0, 0.1) is 0 Å². The van der Waals surface area contributed by atoms with Crippen molar-refractivity contribution < 1.29 is 15.4 Å². The van der Waals surface area contributed by atoms with E-state index in [1.807, 2.05) is 0 Å². The minimum absolute atomic E-state index is 0.00463. The van der Waals surface area contributed by atoms with Gasteiger partial charge in [-0.3, -0.25) is 0 Å². The molecule has 1 atom stereocenters. The van der Waals surface area contributed by atoms with Gasteiger partial charge in [0.05, 0.1) is 12.6 Å². The van der Waals surface area contributed by atoms with Crippen LogP contribution >= 0.6 is 0 Å². The van der Waals surface area contributed by atoms with Gasteiger partial charge in [0.1, 0.15) is 0 Å². The van der Waals surface area contributed by atoms with Crippen LogP contribution in [0.2, 0.25) is 0 Å². The Morgan fingerprint density at radius 3 is 2.89 bits per heavy atom. The molecule has 4 heteroatoms. The largest absolute Gasteiger partial charge is 0.395 e. The number of nitrogens with zero attached hydrogens (tertiary/aromatic N) is 1. The molecule has 1 aliphatic rings. The average Bonchev–Trinajstić information content (AvgIpc) is 2.33. The Labute approximate surface area is 53.5 Å². The number of hydrogen-bond acceptors (Lipinski definition) is 4. The molecule has 0 aliphatic carbocycles. The molecule has 1 heterocycles. The third-order valence-corrected chi connectivity index (χ3v) is 1.64. The standard InChI is InChI=1S/C5H11NO3/c7-4-5-2-1-3-6(5)9-8/h5,7-8H,1-4H2/t5-/m0/s1. The smallest absolute Gasteiger partial charge is 0.0614 e. The van der Waals surface area contributed by atoms with Crippen LogP contribution in [0.3, 0.4) is 0 Å². The molecule has 1 rings (SSSR count). The fourth-order valence-electron chi connectivity index (χ4n) is 1.10. The highest BCUT2D eigenvalue weighted by molar-refractivity contribution is 4.71. The molecular formula is C5H11NO3. The SMILES string of the molecule is OC[C@@H]1CCCN1OO. The van der Waals surface area contributed by atoms with Gasteiger partial charge in [0.2, 0.25) is 0 Å². The summed E-state index contributed by atoms with van der Waals surface area (Å²) in [5.41, 5.74) is 0. The highest BCUT2D eigenvalue weighted by atomic mass is 17.2. The van der Waals surface area contributed by atoms with E-state index in [9.17, 15) is 0 Å². The number of aliphatic hydroxyl groups is 1. The Balaban J connectivity index is 2.32. The molecular weight excluding hydrogens is 122 g/mol. The summed E-state index contributed by atoms with van der Waals surface area (Å²) in [5, 5.41) is 18.2. The van der Waals surface area contributed by atoms with Crippen LogP contribution in [-0.4, -0.2) is 34.6 Å². The number of hydroxylamine groups is 2. The van der Waals surface area contributed by atoms with Crippen molar-refractivity contribution in [2.75, 3.05) is 13.2 Å². The van der Waals surface area contributed by atoms with Crippen LogP contribution in [0.5, 0.6) is 0 Å². The maximum atomic E-state index is 8.63. The Kier molecular flexibility index (Phi) is 2.41. The van der Waals surface area contributed by atoms with E-state index in [1.165, 1.54) is 5.06 Å². The van der Waals surface area contributed by atoms with Gasteiger partial charge < -0.3 is 5.11 Å². The summed E-state index contributed by atoms with van der Waals surface area (Å²) in [7, 11) is 0. The molecule has 1 aliphatic heterocycles. The van der Waals surface area contributed by atoms with Crippen LogP contribution in [0.1, 0.15) is 12.8 Å². The molecule has 0 aromatic heterocycles. The molecule has 0 spiro atoms. The van der Waals surface area contributed by atoms with Crippen molar-refractivity contribution in [1.29, 1.82) is 0 Å². The zero-order valence-electron chi connectivity index (χ0n) is 5.16. The summed E-state index contributed by atoms with van der Waals surface area (Å²) in [6, 6.07) is -0.00463. The Morgan fingerprint density at radius 1 is 1.67 bits per heavy atom. The van der Waals surface area contributed by atoms with Gasteiger partial charge in [-0.2, -0.15) is 5.06 Å². The summed E-state index contributed by atoms with van der Waals surface area (Å²) in [6.45, 7) is 0.766. The van der Waals surface area contributed by atoms with Crippen LogP contribution in [-0.2, 0) is 4.99 Å². The van der Waals surface area contributed by atoms with Crippen LogP contribution in [0.25, 0.3) is 0 Å². The fourth-order valence-corrected chi connectivity index (χ4v) is 1.10. The topological polar surface area (TPSA) is 52.9 Å². The molecule has 0 aromatic carbocycles. The zero-order valence-corrected chi connectivity index (χ0v) is 5.16. The number of hydrogen-bond donors (Lipinski definition) is 2. The van der Waals surface area contributed by atoms with Gasteiger partial charge in [0.15, 0.2) is 0 Å². The van der Waals surface area contributed by atoms with Gasteiger partial charge in [0, 0.05) is 6.54 Å². The highest BCUT2D eigenvalue weighted by Gasteiger charge is 2.24. The molecule has 0 bridgehead atoms. The van der Waals surface area contributed by atoms with Crippen molar-refractivity contribution in [1.82, 2.24) is 5.06 Å². The Hall–Kier alpha value is -0.160. The Morgan fingerprint density at radius 2 is 2.44 bits per heavy atom. The second-order valence-electron chi connectivity index (χ2n) is 2.20. The normalized spacial score (nSPS) is 29.3. The second kappa shape index (κ2) is 3.12. The molecule has 2 N–H and O–H groups in total. The van der Waals surface area contributed by atoms with E-state index in [-0.39, 0.29) is 12.6 Å².